The Kier molecular flexibility index (Phi) is 4.35. The van der Waals surface area contributed by atoms with Gasteiger partial charge >= 0.3 is 0 Å². The Morgan fingerprint density at radius 3 is 2.63 bits per heavy atom. The first-order valence-electron chi connectivity index (χ1n) is 8.98. The maximum absolute atomic E-state index is 12.5. The van der Waals surface area contributed by atoms with Gasteiger partial charge in [0.05, 0.1) is 0 Å². The average molecular weight is 363 g/mol. The molecule has 7 heteroatoms. The molecule has 1 N–H and O–H groups in total. The molecule has 0 spiro atoms. The van der Waals surface area contributed by atoms with Gasteiger partial charge < -0.3 is 10.2 Å². The molecule has 27 heavy (non-hydrogen) atoms. The van der Waals surface area contributed by atoms with Crippen molar-refractivity contribution in [1.29, 1.82) is 0 Å². The quantitative estimate of drug-likeness (QED) is 0.772. The Balaban J connectivity index is 1.47. The number of likely N-dealkylation sites (tertiary alicyclic amines) is 1. The molecular formula is C20H21N5O2. The van der Waals surface area contributed by atoms with Crippen molar-refractivity contribution >= 4 is 17.5 Å². The number of likely N-dealkylation sites (N-methyl/N-ethyl adjacent to an activating group) is 1. The van der Waals surface area contributed by atoms with Crippen molar-refractivity contribution in [2.24, 2.45) is 0 Å². The van der Waals surface area contributed by atoms with E-state index in [2.05, 4.69) is 15.4 Å². The zero-order valence-electron chi connectivity index (χ0n) is 15.3. The predicted octanol–water partition coefficient (Wildman–Crippen LogP) is 2.06. The van der Waals surface area contributed by atoms with Gasteiger partial charge in [-0.05, 0) is 43.2 Å². The largest absolute Gasteiger partial charge is 0.348 e. The number of fused-ring (bicyclic) bond motifs is 1. The van der Waals surface area contributed by atoms with Crippen molar-refractivity contribution < 1.29 is 9.59 Å². The molecule has 0 aliphatic carbocycles. The molecular weight excluding hydrogens is 342 g/mol. The van der Waals surface area contributed by atoms with E-state index >= 15 is 0 Å². The minimum Gasteiger partial charge on any atom is -0.348 e. The number of hydrogen-bond donors (Lipinski definition) is 1. The van der Waals surface area contributed by atoms with Gasteiger partial charge in [0.2, 0.25) is 5.91 Å². The van der Waals surface area contributed by atoms with Crippen LogP contribution in [0.4, 0.5) is 0 Å². The minimum absolute atomic E-state index is 0.00200. The molecule has 0 saturated carbocycles. The fourth-order valence-electron chi connectivity index (χ4n) is 3.38. The number of rotatable bonds is 3. The summed E-state index contributed by atoms with van der Waals surface area (Å²) in [4.78, 5) is 30.0. The van der Waals surface area contributed by atoms with Crippen LogP contribution in [0.5, 0.6) is 0 Å². The zero-order chi connectivity index (χ0) is 19.0. The second-order valence-electron chi connectivity index (χ2n) is 6.94. The van der Waals surface area contributed by atoms with E-state index in [1.165, 1.54) is 0 Å². The highest BCUT2D eigenvalue weighted by atomic mass is 16.2. The van der Waals surface area contributed by atoms with E-state index in [9.17, 15) is 9.59 Å². The molecule has 1 fully saturated rings. The number of nitrogens with one attached hydrogen (secondary N) is 1. The highest BCUT2D eigenvalue weighted by molar-refractivity contribution is 5.95. The number of benzene rings is 1. The monoisotopic (exact) mass is 363 g/mol. The van der Waals surface area contributed by atoms with Gasteiger partial charge in [-0.3, -0.25) is 9.59 Å². The van der Waals surface area contributed by atoms with Gasteiger partial charge in [-0.1, -0.05) is 12.1 Å². The highest BCUT2D eigenvalue weighted by Gasteiger charge is 2.24. The van der Waals surface area contributed by atoms with E-state index in [0.717, 1.165) is 22.6 Å². The predicted molar refractivity (Wildman–Crippen MR) is 101 cm³/mol. The first-order chi connectivity index (χ1) is 13.0. The van der Waals surface area contributed by atoms with Crippen LogP contribution in [0.2, 0.25) is 0 Å². The van der Waals surface area contributed by atoms with Crippen molar-refractivity contribution in [2.45, 2.75) is 25.8 Å². The third-order valence-electron chi connectivity index (χ3n) is 4.88. The molecule has 4 rings (SSSR count). The molecule has 0 bridgehead atoms. The van der Waals surface area contributed by atoms with Crippen LogP contribution in [-0.4, -0.2) is 50.9 Å². The summed E-state index contributed by atoms with van der Waals surface area (Å²) in [6.45, 7) is 2.42. The molecule has 0 radical (unpaired) electrons. The second kappa shape index (κ2) is 6.83. The van der Waals surface area contributed by atoms with Crippen LogP contribution in [0, 0.1) is 6.92 Å². The van der Waals surface area contributed by atoms with Crippen LogP contribution >= 0.6 is 0 Å². The van der Waals surface area contributed by atoms with Crippen LogP contribution in [0.15, 0.2) is 42.6 Å². The number of carbonyl (C=O) groups is 2. The van der Waals surface area contributed by atoms with Crippen molar-refractivity contribution in [2.75, 3.05) is 13.6 Å². The molecule has 1 atom stereocenters. The zero-order valence-corrected chi connectivity index (χ0v) is 15.3. The van der Waals surface area contributed by atoms with E-state index in [1.54, 1.807) is 16.5 Å². The van der Waals surface area contributed by atoms with Crippen molar-refractivity contribution in [3.05, 3.63) is 54.0 Å². The summed E-state index contributed by atoms with van der Waals surface area (Å²) in [5, 5.41) is 7.35. The number of aryl methyl sites for hydroxylation is 1. The van der Waals surface area contributed by atoms with Crippen LogP contribution in [-0.2, 0) is 4.79 Å². The summed E-state index contributed by atoms with van der Waals surface area (Å²) in [6.07, 6.45) is 3.09. The Labute approximate surface area is 157 Å². The number of amides is 2. The lowest BCUT2D eigenvalue weighted by Gasteiger charge is -2.30. The van der Waals surface area contributed by atoms with Gasteiger partial charge in [-0.15, -0.1) is 0 Å². The van der Waals surface area contributed by atoms with Crippen molar-refractivity contribution in [1.82, 2.24) is 24.8 Å². The Morgan fingerprint density at radius 2 is 1.89 bits per heavy atom. The van der Waals surface area contributed by atoms with Gasteiger partial charge in [0, 0.05) is 43.4 Å². The van der Waals surface area contributed by atoms with E-state index in [1.807, 2.05) is 49.5 Å². The van der Waals surface area contributed by atoms with Gasteiger partial charge in [-0.2, -0.15) is 5.10 Å². The Morgan fingerprint density at radius 1 is 1.15 bits per heavy atom. The molecule has 2 amide bonds. The highest BCUT2D eigenvalue weighted by Crippen LogP contribution is 2.20. The number of nitrogens with zero attached hydrogens (tertiary/aromatic N) is 4. The van der Waals surface area contributed by atoms with Gasteiger partial charge in [0.15, 0.2) is 5.65 Å². The third kappa shape index (κ3) is 3.53. The van der Waals surface area contributed by atoms with Crippen molar-refractivity contribution in [3.8, 4) is 11.1 Å². The van der Waals surface area contributed by atoms with Crippen molar-refractivity contribution in [3.63, 3.8) is 0 Å². The lowest BCUT2D eigenvalue weighted by Crippen LogP contribution is -2.48. The SMILES string of the molecule is Cc1nc2ccc(-c3ccc(C(=O)N[C@@H]4CCC(=O)N(C)C4)cc3)cn2n1. The molecule has 1 aliphatic heterocycles. The maximum atomic E-state index is 12.5. The number of carbonyl (C=O) groups excluding carboxylic acids is 2. The second-order valence-corrected chi connectivity index (χ2v) is 6.94. The van der Waals surface area contributed by atoms with Crippen LogP contribution in [0.1, 0.15) is 29.0 Å². The van der Waals surface area contributed by atoms with Crippen LogP contribution in [0.3, 0.4) is 0 Å². The molecule has 1 aliphatic rings. The molecule has 3 aromatic rings. The third-order valence-corrected chi connectivity index (χ3v) is 4.88. The summed E-state index contributed by atoms with van der Waals surface area (Å²) in [5.41, 5.74) is 3.43. The molecule has 2 aromatic heterocycles. The van der Waals surface area contributed by atoms with E-state index in [-0.39, 0.29) is 17.9 Å². The number of hydrogen-bond acceptors (Lipinski definition) is 4. The summed E-state index contributed by atoms with van der Waals surface area (Å²) in [6, 6.07) is 11.4. The summed E-state index contributed by atoms with van der Waals surface area (Å²) < 4.78 is 1.76. The minimum atomic E-state index is -0.114. The molecule has 0 unspecified atom stereocenters. The topological polar surface area (TPSA) is 79.6 Å². The normalized spacial score (nSPS) is 17.3. The van der Waals surface area contributed by atoms with E-state index in [4.69, 9.17) is 0 Å². The van der Waals surface area contributed by atoms with Crippen LogP contribution in [0.25, 0.3) is 16.8 Å². The first-order valence-corrected chi connectivity index (χ1v) is 8.98. The van der Waals surface area contributed by atoms with E-state index in [0.29, 0.717) is 24.9 Å². The lowest BCUT2D eigenvalue weighted by molar-refractivity contribution is -0.132. The fraction of sp³-hybridized carbons (Fsp3) is 0.300. The number of pyridine rings is 1. The Bertz CT molecular complexity index is 1010. The standard InChI is InChI=1S/C20H21N5O2/c1-13-21-18-9-7-16(11-25(18)23-13)14-3-5-15(6-4-14)20(27)22-17-8-10-19(26)24(2)12-17/h3-7,9,11,17H,8,10,12H2,1-2H3,(H,22,27)/t17-/m1/s1. The lowest BCUT2D eigenvalue weighted by atomic mass is 10.0. The van der Waals surface area contributed by atoms with Gasteiger partial charge in [0.1, 0.15) is 5.82 Å². The fourth-order valence-corrected chi connectivity index (χ4v) is 3.38. The Hall–Kier alpha value is -3.22. The van der Waals surface area contributed by atoms with E-state index < -0.39 is 0 Å². The molecule has 1 saturated heterocycles. The molecule has 1 aromatic carbocycles. The first kappa shape index (κ1) is 17.2. The molecule has 3 heterocycles. The van der Waals surface area contributed by atoms with Gasteiger partial charge in [-0.25, -0.2) is 9.50 Å². The average Bonchev–Trinajstić information content (AvgIpc) is 3.04. The summed E-state index contributed by atoms with van der Waals surface area (Å²) in [7, 11) is 1.77. The van der Waals surface area contributed by atoms with Gasteiger partial charge in [0.25, 0.3) is 5.91 Å². The van der Waals surface area contributed by atoms with Crippen LogP contribution < -0.4 is 5.32 Å². The summed E-state index contributed by atoms with van der Waals surface area (Å²) >= 11 is 0. The smallest absolute Gasteiger partial charge is 0.251 e. The maximum Gasteiger partial charge on any atom is 0.251 e. The number of piperidine rings is 1. The number of aromatic nitrogens is 3. The molecule has 138 valence electrons. The molecule has 7 nitrogen and oxygen atoms in total. The summed E-state index contributed by atoms with van der Waals surface area (Å²) in [5.74, 6) is 0.746.